The highest BCUT2D eigenvalue weighted by Gasteiger charge is 2.26. The molecule has 0 aromatic heterocycles. The molecular weight excluding hydrogens is 446 g/mol. The van der Waals surface area contributed by atoms with E-state index in [1.807, 2.05) is 12.1 Å². The second-order valence-corrected chi connectivity index (χ2v) is 9.28. The molecule has 0 N–H and O–H groups in total. The molecule has 0 amide bonds. The Hall–Kier alpha value is -1.90. The van der Waals surface area contributed by atoms with E-state index >= 15 is 0 Å². The van der Waals surface area contributed by atoms with E-state index in [1.165, 1.54) is 16.4 Å². The van der Waals surface area contributed by atoms with Crippen LogP contribution in [-0.2, 0) is 14.8 Å². The fraction of sp³-hybridized carbons (Fsp3) is 0.350. The van der Waals surface area contributed by atoms with Crippen LogP contribution in [0.2, 0.25) is 0 Å². The minimum Gasteiger partial charge on any atom is -0.490 e. The summed E-state index contributed by atoms with van der Waals surface area (Å²) < 4.78 is 38.6. The topological polar surface area (TPSA) is 72.9 Å². The normalized spacial score (nSPS) is 15.2. The maximum atomic E-state index is 12.8. The van der Waals surface area contributed by atoms with Gasteiger partial charge in [0, 0.05) is 17.6 Å². The summed E-state index contributed by atoms with van der Waals surface area (Å²) >= 11 is 3.35. The number of esters is 1. The summed E-state index contributed by atoms with van der Waals surface area (Å²) in [5.74, 6) is 0.101. The first-order valence-electron chi connectivity index (χ1n) is 9.12. The van der Waals surface area contributed by atoms with Crippen LogP contribution in [0.25, 0.3) is 0 Å². The first kappa shape index (κ1) is 20.8. The number of benzene rings is 2. The van der Waals surface area contributed by atoms with Gasteiger partial charge in [-0.25, -0.2) is 13.2 Å². The second kappa shape index (κ2) is 9.54. The fourth-order valence-corrected chi connectivity index (χ4v) is 4.77. The van der Waals surface area contributed by atoms with Crippen LogP contribution in [0.4, 0.5) is 0 Å². The van der Waals surface area contributed by atoms with E-state index in [0.717, 1.165) is 23.7 Å². The van der Waals surface area contributed by atoms with E-state index in [0.29, 0.717) is 18.8 Å². The van der Waals surface area contributed by atoms with Gasteiger partial charge in [0.1, 0.15) is 19.0 Å². The Balaban J connectivity index is 1.56. The zero-order valence-electron chi connectivity index (χ0n) is 15.3. The second-order valence-electron chi connectivity index (χ2n) is 6.43. The summed E-state index contributed by atoms with van der Waals surface area (Å²) in [6, 6.07) is 13.3. The van der Waals surface area contributed by atoms with Crippen LogP contribution in [-0.4, -0.2) is 45.0 Å². The molecule has 1 saturated heterocycles. The van der Waals surface area contributed by atoms with E-state index in [-0.39, 0.29) is 23.7 Å². The van der Waals surface area contributed by atoms with Crippen molar-refractivity contribution in [3.05, 3.63) is 58.6 Å². The first-order chi connectivity index (χ1) is 13.5. The predicted molar refractivity (Wildman–Crippen MR) is 109 cm³/mol. The van der Waals surface area contributed by atoms with Crippen molar-refractivity contribution in [2.45, 2.75) is 24.2 Å². The number of rotatable bonds is 7. The van der Waals surface area contributed by atoms with Gasteiger partial charge in [0.15, 0.2) is 0 Å². The minimum atomic E-state index is -3.59. The van der Waals surface area contributed by atoms with Crippen LogP contribution < -0.4 is 4.74 Å². The highest BCUT2D eigenvalue weighted by molar-refractivity contribution is 9.10. The molecule has 2 aromatic carbocycles. The van der Waals surface area contributed by atoms with E-state index in [1.54, 1.807) is 24.3 Å². The van der Waals surface area contributed by atoms with E-state index in [9.17, 15) is 13.2 Å². The SMILES string of the molecule is O=C(OCCOc1ccc(Br)cc1)c1cccc(S(=O)(=O)N2CCCCC2)c1. The molecule has 0 radical (unpaired) electrons. The third-order valence-electron chi connectivity index (χ3n) is 4.42. The molecule has 0 bridgehead atoms. The van der Waals surface area contributed by atoms with Gasteiger partial charge in [-0.3, -0.25) is 0 Å². The molecule has 6 nitrogen and oxygen atoms in total. The summed E-state index contributed by atoms with van der Waals surface area (Å²) in [5, 5.41) is 0. The number of hydrogen-bond donors (Lipinski definition) is 0. The number of halogens is 1. The van der Waals surface area contributed by atoms with Crippen LogP contribution in [0.5, 0.6) is 5.75 Å². The van der Waals surface area contributed by atoms with Crippen molar-refractivity contribution in [3.8, 4) is 5.75 Å². The average Bonchev–Trinajstić information content (AvgIpc) is 2.73. The van der Waals surface area contributed by atoms with Crippen molar-refractivity contribution in [2.24, 2.45) is 0 Å². The molecule has 3 rings (SSSR count). The summed E-state index contributed by atoms with van der Waals surface area (Å²) in [6.07, 6.45) is 2.76. The van der Waals surface area contributed by atoms with Crippen molar-refractivity contribution in [3.63, 3.8) is 0 Å². The van der Waals surface area contributed by atoms with Crippen LogP contribution in [0.3, 0.4) is 0 Å². The Morgan fingerprint density at radius 2 is 1.71 bits per heavy atom. The number of carbonyl (C=O) groups is 1. The lowest BCUT2D eigenvalue weighted by molar-refractivity contribution is 0.0450. The van der Waals surface area contributed by atoms with Gasteiger partial charge in [-0.2, -0.15) is 4.31 Å². The third-order valence-corrected chi connectivity index (χ3v) is 6.84. The highest BCUT2D eigenvalue weighted by Crippen LogP contribution is 2.21. The van der Waals surface area contributed by atoms with Crippen LogP contribution in [0.1, 0.15) is 29.6 Å². The first-order valence-corrected chi connectivity index (χ1v) is 11.4. The van der Waals surface area contributed by atoms with E-state index < -0.39 is 16.0 Å². The summed E-state index contributed by atoms with van der Waals surface area (Å²) in [5.41, 5.74) is 0.210. The number of piperidine rings is 1. The van der Waals surface area contributed by atoms with Crippen molar-refractivity contribution in [1.29, 1.82) is 0 Å². The zero-order chi connectivity index (χ0) is 20.0. The molecule has 1 heterocycles. The van der Waals surface area contributed by atoms with E-state index in [2.05, 4.69) is 15.9 Å². The predicted octanol–water partition coefficient (Wildman–Crippen LogP) is 3.86. The summed E-state index contributed by atoms with van der Waals surface area (Å²) in [4.78, 5) is 12.4. The Labute approximate surface area is 173 Å². The number of carbonyl (C=O) groups excluding carboxylic acids is 1. The monoisotopic (exact) mass is 467 g/mol. The van der Waals surface area contributed by atoms with Gasteiger partial charge in [0.05, 0.1) is 10.5 Å². The lowest BCUT2D eigenvalue weighted by Gasteiger charge is -2.25. The van der Waals surface area contributed by atoms with Crippen LogP contribution in [0.15, 0.2) is 57.9 Å². The lowest BCUT2D eigenvalue weighted by Crippen LogP contribution is -2.35. The maximum absolute atomic E-state index is 12.8. The van der Waals surface area contributed by atoms with Gasteiger partial charge in [0.2, 0.25) is 10.0 Å². The summed E-state index contributed by atoms with van der Waals surface area (Å²) in [6.45, 7) is 1.31. The quantitative estimate of drug-likeness (QED) is 0.456. The van der Waals surface area contributed by atoms with Gasteiger partial charge in [-0.1, -0.05) is 28.4 Å². The Morgan fingerprint density at radius 3 is 2.43 bits per heavy atom. The molecular formula is C20H22BrNO5S. The fourth-order valence-electron chi connectivity index (χ4n) is 2.95. The molecule has 8 heteroatoms. The Bertz CT molecular complexity index is 908. The number of sulfonamides is 1. The maximum Gasteiger partial charge on any atom is 0.338 e. The lowest BCUT2D eigenvalue weighted by atomic mass is 10.2. The molecule has 0 atom stereocenters. The Morgan fingerprint density at radius 1 is 1.00 bits per heavy atom. The number of hydrogen-bond acceptors (Lipinski definition) is 5. The van der Waals surface area contributed by atoms with Gasteiger partial charge >= 0.3 is 5.97 Å². The van der Waals surface area contributed by atoms with Crippen molar-refractivity contribution < 1.29 is 22.7 Å². The van der Waals surface area contributed by atoms with Crippen molar-refractivity contribution in [1.82, 2.24) is 4.31 Å². The number of ether oxygens (including phenoxy) is 2. The smallest absolute Gasteiger partial charge is 0.338 e. The molecule has 1 fully saturated rings. The van der Waals surface area contributed by atoms with Gasteiger partial charge in [-0.15, -0.1) is 0 Å². The standard InChI is InChI=1S/C20H22BrNO5S/c21-17-7-9-18(10-8-17)26-13-14-27-20(23)16-5-4-6-19(15-16)28(24,25)22-11-2-1-3-12-22/h4-10,15H,1-3,11-14H2. The average molecular weight is 468 g/mol. The molecule has 0 spiro atoms. The van der Waals surface area contributed by atoms with Crippen LogP contribution >= 0.6 is 15.9 Å². The van der Waals surface area contributed by atoms with Gasteiger partial charge < -0.3 is 9.47 Å². The molecule has 2 aromatic rings. The number of nitrogens with zero attached hydrogens (tertiary/aromatic N) is 1. The molecule has 150 valence electrons. The molecule has 0 saturated carbocycles. The minimum absolute atomic E-state index is 0.0675. The third kappa shape index (κ3) is 5.33. The van der Waals surface area contributed by atoms with Gasteiger partial charge in [0.25, 0.3) is 0 Å². The Kier molecular flexibility index (Phi) is 7.09. The van der Waals surface area contributed by atoms with Crippen LogP contribution in [0, 0.1) is 0 Å². The molecule has 1 aliphatic rings. The molecule has 0 aliphatic carbocycles. The van der Waals surface area contributed by atoms with Crippen molar-refractivity contribution in [2.75, 3.05) is 26.3 Å². The molecule has 1 aliphatic heterocycles. The largest absolute Gasteiger partial charge is 0.490 e. The van der Waals surface area contributed by atoms with Gasteiger partial charge in [-0.05, 0) is 55.3 Å². The highest BCUT2D eigenvalue weighted by atomic mass is 79.9. The van der Waals surface area contributed by atoms with Crippen molar-refractivity contribution >= 4 is 31.9 Å². The zero-order valence-corrected chi connectivity index (χ0v) is 17.7. The summed E-state index contributed by atoms with van der Waals surface area (Å²) in [7, 11) is -3.59. The molecule has 28 heavy (non-hydrogen) atoms. The molecule has 0 unspecified atom stereocenters. The van der Waals surface area contributed by atoms with E-state index in [4.69, 9.17) is 9.47 Å².